The first-order chi connectivity index (χ1) is 5.72. The fourth-order valence-corrected chi connectivity index (χ4v) is 1.36. The molecule has 2 nitrogen and oxygen atoms in total. The molecule has 0 aromatic heterocycles. The number of allylic oxidation sites excluding steroid dienone is 1. The Kier molecular flexibility index (Phi) is 3.09. The Bertz CT molecular complexity index is 216. The van der Waals surface area contributed by atoms with Crippen molar-refractivity contribution in [2.45, 2.75) is 32.3 Å². The Hall–Kier alpha value is -1.05. The molecule has 0 spiro atoms. The fourth-order valence-electron chi connectivity index (χ4n) is 1.36. The molecule has 1 aliphatic carbocycles. The van der Waals surface area contributed by atoms with Crippen molar-refractivity contribution in [1.82, 2.24) is 0 Å². The molecule has 0 radical (unpaired) electrons. The fraction of sp³-hybridized carbons (Fsp3) is 0.500. The maximum atomic E-state index is 10.8. The van der Waals surface area contributed by atoms with Crippen LogP contribution in [0.5, 0.6) is 0 Å². The first kappa shape index (κ1) is 9.04. The lowest BCUT2D eigenvalue weighted by Gasteiger charge is -2.18. The van der Waals surface area contributed by atoms with Crippen LogP contribution in [-0.2, 0) is 9.53 Å². The first-order valence-corrected chi connectivity index (χ1v) is 4.22. The molecule has 1 unspecified atom stereocenters. The lowest BCUT2D eigenvalue weighted by Crippen LogP contribution is -2.17. The minimum atomic E-state index is -0.328. The summed E-state index contributed by atoms with van der Waals surface area (Å²) in [6, 6.07) is 0. The van der Waals surface area contributed by atoms with E-state index in [-0.39, 0.29) is 12.1 Å². The Morgan fingerprint density at radius 1 is 1.83 bits per heavy atom. The van der Waals surface area contributed by atoms with Crippen LogP contribution in [0.2, 0.25) is 0 Å². The van der Waals surface area contributed by atoms with Gasteiger partial charge in [0.1, 0.15) is 6.10 Å². The summed E-state index contributed by atoms with van der Waals surface area (Å²) < 4.78 is 5.08. The molecular formula is C10H14O2. The first-order valence-electron chi connectivity index (χ1n) is 4.22. The molecule has 66 valence electrons. The van der Waals surface area contributed by atoms with Crippen LogP contribution in [0.4, 0.5) is 0 Å². The van der Waals surface area contributed by atoms with E-state index in [2.05, 4.69) is 13.5 Å². The van der Waals surface area contributed by atoms with Gasteiger partial charge in [0, 0.05) is 6.08 Å². The van der Waals surface area contributed by atoms with Gasteiger partial charge in [-0.05, 0) is 32.3 Å². The van der Waals surface area contributed by atoms with Crippen LogP contribution in [0.3, 0.4) is 0 Å². The van der Waals surface area contributed by atoms with E-state index in [0.29, 0.717) is 0 Å². The molecule has 1 rings (SSSR count). The van der Waals surface area contributed by atoms with E-state index in [4.69, 9.17) is 4.74 Å². The molecule has 1 atom stereocenters. The highest BCUT2D eigenvalue weighted by Crippen LogP contribution is 2.19. The van der Waals surface area contributed by atoms with Gasteiger partial charge in [-0.15, -0.1) is 0 Å². The summed E-state index contributed by atoms with van der Waals surface area (Å²) in [5.74, 6) is -0.328. The highest BCUT2D eigenvalue weighted by atomic mass is 16.5. The third-order valence-corrected chi connectivity index (χ3v) is 1.96. The minimum Gasteiger partial charge on any atom is -0.455 e. The van der Waals surface area contributed by atoms with E-state index in [1.807, 2.05) is 6.08 Å². The predicted molar refractivity (Wildman–Crippen MR) is 47.7 cm³/mol. The Morgan fingerprint density at radius 2 is 2.58 bits per heavy atom. The van der Waals surface area contributed by atoms with Gasteiger partial charge in [0.2, 0.25) is 0 Å². The van der Waals surface area contributed by atoms with Gasteiger partial charge in [0.25, 0.3) is 0 Å². The van der Waals surface area contributed by atoms with Crippen molar-refractivity contribution >= 4 is 5.97 Å². The summed E-state index contributed by atoms with van der Waals surface area (Å²) in [5, 5.41) is 0. The van der Waals surface area contributed by atoms with Crippen LogP contribution in [0.25, 0.3) is 0 Å². The summed E-state index contributed by atoms with van der Waals surface area (Å²) >= 11 is 0. The van der Waals surface area contributed by atoms with E-state index in [9.17, 15) is 4.79 Å². The Labute approximate surface area is 72.9 Å². The zero-order chi connectivity index (χ0) is 8.97. The summed E-state index contributed by atoms with van der Waals surface area (Å²) in [6.07, 6.45) is 6.38. The molecule has 0 aromatic rings. The molecule has 0 bridgehead atoms. The van der Waals surface area contributed by atoms with Crippen LogP contribution < -0.4 is 0 Å². The van der Waals surface area contributed by atoms with Crippen molar-refractivity contribution in [3.05, 3.63) is 24.3 Å². The Morgan fingerprint density at radius 3 is 3.17 bits per heavy atom. The van der Waals surface area contributed by atoms with E-state index in [0.717, 1.165) is 19.3 Å². The largest absolute Gasteiger partial charge is 0.455 e. The van der Waals surface area contributed by atoms with E-state index in [1.165, 1.54) is 11.6 Å². The van der Waals surface area contributed by atoms with Gasteiger partial charge in [0.05, 0.1) is 0 Å². The van der Waals surface area contributed by atoms with Crippen molar-refractivity contribution in [2.75, 3.05) is 0 Å². The lowest BCUT2D eigenvalue weighted by atomic mass is 9.99. The molecule has 0 fully saturated rings. The van der Waals surface area contributed by atoms with Gasteiger partial charge in [0.15, 0.2) is 0 Å². The van der Waals surface area contributed by atoms with Crippen LogP contribution in [0.1, 0.15) is 26.2 Å². The van der Waals surface area contributed by atoms with Gasteiger partial charge in [-0.1, -0.05) is 12.2 Å². The average molecular weight is 166 g/mol. The maximum Gasteiger partial charge on any atom is 0.330 e. The molecule has 1 aliphatic rings. The second-order valence-corrected chi connectivity index (χ2v) is 3.08. The van der Waals surface area contributed by atoms with Crippen LogP contribution in [-0.4, -0.2) is 12.1 Å². The molecule has 0 aromatic carbocycles. The second kappa shape index (κ2) is 4.10. The van der Waals surface area contributed by atoms with E-state index >= 15 is 0 Å². The summed E-state index contributed by atoms with van der Waals surface area (Å²) in [6.45, 7) is 5.41. The van der Waals surface area contributed by atoms with Gasteiger partial charge in [-0.25, -0.2) is 4.79 Å². The van der Waals surface area contributed by atoms with Gasteiger partial charge >= 0.3 is 5.97 Å². The van der Waals surface area contributed by atoms with Crippen molar-refractivity contribution in [1.29, 1.82) is 0 Å². The molecule has 0 aliphatic heterocycles. The Balaban J connectivity index is 2.47. The lowest BCUT2D eigenvalue weighted by molar-refractivity contribution is -0.141. The molecule has 0 saturated heterocycles. The van der Waals surface area contributed by atoms with Crippen molar-refractivity contribution in [2.24, 2.45) is 0 Å². The third kappa shape index (κ3) is 2.53. The highest BCUT2D eigenvalue weighted by molar-refractivity contribution is 5.81. The van der Waals surface area contributed by atoms with Gasteiger partial charge in [-0.3, -0.25) is 0 Å². The third-order valence-electron chi connectivity index (χ3n) is 1.96. The van der Waals surface area contributed by atoms with Crippen LogP contribution in [0.15, 0.2) is 24.3 Å². The van der Waals surface area contributed by atoms with Crippen molar-refractivity contribution < 1.29 is 9.53 Å². The zero-order valence-electron chi connectivity index (χ0n) is 7.38. The number of rotatable bonds is 2. The SMILES string of the molecule is C=CC(=O)OC1C=C(C)CCC1. The predicted octanol–water partition coefficient (Wildman–Crippen LogP) is 2.21. The number of carbonyl (C=O) groups excluding carboxylic acids is 1. The van der Waals surface area contributed by atoms with E-state index in [1.54, 1.807) is 0 Å². The molecule has 0 heterocycles. The van der Waals surface area contributed by atoms with Crippen molar-refractivity contribution in [3.63, 3.8) is 0 Å². The number of ether oxygens (including phenoxy) is 1. The minimum absolute atomic E-state index is 0.0238. The van der Waals surface area contributed by atoms with Crippen LogP contribution >= 0.6 is 0 Å². The monoisotopic (exact) mass is 166 g/mol. The van der Waals surface area contributed by atoms with Crippen molar-refractivity contribution in [3.8, 4) is 0 Å². The summed E-state index contributed by atoms with van der Waals surface area (Å²) in [5.41, 5.74) is 1.31. The molecule has 12 heavy (non-hydrogen) atoms. The molecule has 0 saturated carbocycles. The molecule has 2 heteroatoms. The standard InChI is InChI=1S/C10H14O2/c1-3-10(11)12-9-6-4-5-8(2)7-9/h3,7,9H,1,4-6H2,2H3. The molecule has 0 amide bonds. The topological polar surface area (TPSA) is 26.3 Å². The van der Waals surface area contributed by atoms with Gasteiger partial charge < -0.3 is 4.74 Å². The number of carbonyl (C=O) groups is 1. The smallest absolute Gasteiger partial charge is 0.330 e. The van der Waals surface area contributed by atoms with Gasteiger partial charge in [-0.2, -0.15) is 0 Å². The molecular weight excluding hydrogens is 152 g/mol. The quantitative estimate of drug-likeness (QED) is 0.357. The number of hydrogen-bond donors (Lipinski definition) is 0. The highest BCUT2D eigenvalue weighted by Gasteiger charge is 2.13. The zero-order valence-corrected chi connectivity index (χ0v) is 7.38. The average Bonchev–Trinajstić information content (AvgIpc) is 2.04. The van der Waals surface area contributed by atoms with E-state index < -0.39 is 0 Å². The number of hydrogen-bond acceptors (Lipinski definition) is 2. The number of esters is 1. The maximum absolute atomic E-state index is 10.8. The summed E-state index contributed by atoms with van der Waals surface area (Å²) in [4.78, 5) is 10.8. The van der Waals surface area contributed by atoms with Crippen LogP contribution in [0, 0.1) is 0 Å². The second-order valence-electron chi connectivity index (χ2n) is 3.08. The molecule has 0 N–H and O–H groups in total. The normalized spacial score (nSPS) is 22.8. The summed E-state index contributed by atoms with van der Waals surface area (Å²) in [7, 11) is 0.